The Morgan fingerprint density at radius 2 is 1.95 bits per heavy atom. The minimum Gasteiger partial charge on any atom is -0.359 e. The van der Waals surface area contributed by atoms with Gasteiger partial charge in [-0.25, -0.2) is 0 Å². The number of para-hydroxylation sites is 1. The van der Waals surface area contributed by atoms with Gasteiger partial charge in [0.25, 0.3) is 0 Å². The largest absolute Gasteiger partial charge is 0.359 e. The van der Waals surface area contributed by atoms with Crippen LogP contribution < -0.4 is 5.32 Å². The quantitative estimate of drug-likeness (QED) is 0.643. The molecule has 0 atom stereocenters. The molecule has 0 saturated carbocycles. The molecular formula is C20H25N. The summed E-state index contributed by atoms with van der Waals surface area (Å²) in [6.45, 7) is 6.45. The SMILES string of the molecule is CC/C(C)=C\C=C(/C)Nc1ccccc1C1=CCCC=C1. The molecule has 1 aliphatic carbocycles. The first kappa shape index (κ1) is 15.4. The molecular weight excluding hydrogens is 254 g/mol. The summed E-state index contributed by atoms with van der Waals surface area (Å²) in [4.78, 5) is 0. The summed E-state index contributed by atoms with van der Waals surface area (Å²) in [5.74, 6) is 0. The molecule has 1 aromatic carbocycles. The minimum atomic E-state index is 1.10. The van der Waals surface area contributed by atoms with Gasteiger partial charge in [0.1, 0.15) is 0 Å². The zero-order valence-corrected chi connectivity index (χ0v) is 13.3. The van der Waals surface area contributed by atoms with Crippen molar-refractivity contribution in [2.24, 2.45) is 0 Å². The van der Waals surface area contributed by atoms with E-state index in [0.29, 0.717) is 0 Å². The van der Waals surface area contributed by atoms with Crippen molar-refractivity contribution in [2.45, 2.75) is 40.0 Å². The summed E-state index contributed by atoms with van der Waals surface area (Å²) < 4.78 is 0. The highest BCUT2D eigenvalue weighted by molar-refractivity contribution is 5.83. The number of hydrogen-bond donors (Lipinski definition) is 1. The van der Waals surface area contributed by atoms with Crippen LogP contribution in [0.2, 0.25) is 0 Å². The van der Waals surface area contributed by atoms with Gasteiger partial charge in [-0.15, -0.1) is 0 Å². The number of hydrogen-bond acceptors (Lipinski definition) is 1. The van der Waals surface area contributed by atoms with Crippen molar-refractivity contribution in [1.82, 2.24) is 0 Å². The highest BCUT2D eigenvalue weighted by Gasteiger charge is 2.06. The predicted molar refractivity (Wildman–Crippen MR) is 94.2 cm³/mol. The van der Waals surface area contributed by atoms with Crippen LogP contribution in [-0.2, 0) is 0 Å². The molecule has 0 heterocycles. The van der Waals surface area contributed by atoms with E-state index in [9.17, 15) is 0 Å². The highest BCUT2D eigenvalue weighted by Crippen LogP contribution is 2.28. The van der Waals surface area contributed by atoms with Crippen molar-refractivity contribution >= 4 is 11.3 Å². The molecule has 1 heteroatoms. The molecule has 1 nitrogen and oxygen atoms in total. The smallest absolute Gasteiger partial charge is 0.0461 e. The third-order valence-corrected chi connectivity index (χ3v) is 3.74. The van der Waals surface area contributed by atoms with Crippen LogP contribution >= 0.6 is 0 Å². The van der Waals surface area contributed by atoms with Crippen LogP contribution in [0.4, 0.5) is 5.69 Å². The molecule has 0 amide bonds. The van der Waals surface area contributed by atoms with Gasteiger partial charge in [0.2, 0.25) is 0 Å². The van der Waals surface area contributed by atoms with Crippen LogP contribution in [0.1, 0.15) is 45.6 Å². The van der Waals surface area contributed by atoms with Crippen molar-refractivity contribution in [2.75, 3.05) is 5.32 Å². The van der Waals surface area contributed by atoms with E-state index in [2.05, 4.69) is 80.7 Å². The van der Waals surface area contributed by atoms with E-state index in [1.54, 1.807) is 0 Å². The molecule has 21 heavy (non-hydrogen) atoms. The first-order valence-electron chi connectivity index (χ1n) is 7.78. The molecule has 0 unspecified atom stereocenters. The number of anilines is 1. The topological polar surface area (TPSA) is 12.0 Å². The van der Waals surface area contributed by atoms with Gasteiger partial charge in [-0.2, -0.15) is 0 Å². The van der Waals surface area contributed by atoms with Gasteiger partial charge in [-0.05, 0) is 50.8 Å². The number of benzene rings is 1. The summed E-state index contributed by atoms with van der Waals surface area (Å²) >= 11 is 0. The number of allylic oxidation sites excluding steroid dienone is 8. The molecule has 0 aliphatic heterocycles. The van der Waals surface area contributed by atoms with E-state index in [-0.39, 0.29) is 0 Å². The molecule has 1 aliphatic rings. The lowest BCUT2D eigenvalue weighted by molar-refractivity contribution is 1.04. The number of rotatable bonds is 5. The first-order chi connectivity index (χ1) is 10.2. The summed E-state index contributed by atoms with van der Waals surface area (Å²) in [6.07, 6.45) is 14.5. The van der Waals surface area contributed by atoms with Crippen LogP contribution in [0, 0.1) is 0 Å². The van der Waals surface area contributed by atoms with Crippen LogP contribution in [0.25, 0.3) is 5.57 Å². The maximum Gasteiger partial charge on any atom is 0.0461 e. The normalized spacial score (nSPS) is 15.9. The predicted octanol–water partition coefficient (Wildman–Crippen LogP) is 6.09. The Balaban J connectivity index is 2.21. The monoisotopic (exact) mass is 279 g/mol. The zero-order valence-electron chi connectivity index (χ0n) is 13.3. The van der Waals surface area contributed by atoms with Gasteiger partial charge in [0.15, 0.2) is 0 Å². The molecule has 1 N–H and O–H groups in total. The average Bonchev–Trinajstić information content (AvgIpc) is 2.54. The fourth-order valence-corrected chi connectivity index (χ4v) is 2.30. The fourth-order valence-electron chi connectivity index (χ4n) is 2.30. The standard InChI is InChI=1S/C20H25N/c1-4-16(2)14-15-17(3)21-20-13-9-8-12-19(20)18-10-6-5-7-11-18/h6,8-15,21H,4-5,7H2,1-3H3/b16-14-,17-15+. The Bertz CT molecular complexity index is 600. The van der Waals surface area contributed by atoms with E-state index < -0.39 is 0 Å². The molecule has 0 fully saturated rings. The fraction of sp³-hybridized carbons (Fsp3) is 0.300. The maximum atomic E-state index is 3.53. The van der Waals surface area contributed by atoms with Gasteiger partial charge in [-0.3, -0.25) is 0 Å². The second kappa shape index (κ2) is 7.68. The van der Waals surface area contributed by atoms with Gasteiger partial charge in [0, 0.05) is 16.9 Å². The summed E-state index contributed by atoms with van der Waals surface area (Å²) in [5.41, 5.74) is 6.32. The highest BCUT2D eigenvalue weighted by atomic mass is 14.9. The van der Waals surface area contributed by atoms with Crippen molar-refractivity contribution in [3.05, 3.63) is 71.5 Å². The third kappa shape index (κ3) is 4.49. The summed E-state index contributed by atoms with van der Waals surface area (Å²) in [6, 6.07) is 8.51. The van der Waals surface area contributed by atoms with Crippen LogP contribution in [0.5, 0.6) is 0 Å². The van der Waals surface area contributed by atoms with Crippen LogP contribution in [0.15, 0.2) is 65.9 Å². The summed E-state index contributed by atoms with van der Waals surface area (Å²) in [5, 5.41) is 3.53. The minimum absolute atomic E-state index is 1.10. The maximum absolute atomic E-state index is 3.53. The van der Waals surface area contributed by atoms with E-state index >= 15 is 0 Å². The van der Waals surface area contributed by atoms with Gasteiger partial charge >= 0.3 is 0 Å². The molecule has 110 valence electrons. The Hall–Kier alpha value is -2.02. The Labute approximate surface area is 128 Å². The van der Waals surface area contributed by atoms with Crippen LogP contribution in [0.3, 0.4) is 0 Å². The van der Waals surface area contributed by atoms with E-state index in [0.717, 1.165) is 25.0 Å². The Morgan fingerprint density at radius 3 is 2.67 bits per heavy atom. The molecule has 2 rings (SSSR count). The molecule has 0 bridgehead atoms. The van der Waals surface area contributed by atoms with Crippen molar-refractivity contribution in [3.63, 3.8) is 0 Å². The number of nitrogens with one attached hydrogen (secondary N) is 1. The van der Waals surface area contributed by atoms with Gasteiger partial charge in [0.05, 0.1) is 0 Å². The lowest BCUT2D eigenvalue weighted by Crippen LogP contribution is -1.99. The Kier molecular flexibility index (Phi) is 5.62. The van der Waals surface area contributed by atoms with E-state index in [1.165, 1.54) is 22.4 Å². The third-order valence-electron chi connectivity index (χ3n) is 3.74. The van der Waals surface area contributed by atoms with Crippen molar-refractivity contribution in [1.29, 1.82) is 0 Å². The Morgan fingerprint density at radius 1 is 1.14 bits per heavy atom. The molecule has 0 aromatic heterocycles. The van der Waals surface area contributed by atoms with Crippen molar-refractivity contribution in [3.8, 4) is 0 Å². The van der Waals surface area contributed by atoms with Gasteiger partial charge < -0.3 is 5.32 Å². The lowest BCUT2D eigenvalue weighted by atomic mass is 9.98. The van der Waals surface area contributed by atoms with Crippen LogP contribution in [-0.4, -0.2) is 0 Å². The first-order valence-corrected chi connectivity index (χ1v) is 7.78. The molecule has 0 spiro atoms. The molecule has 0 radical (unpaired) electrons. The molecule has 0 saturated heterocycles. The average molecular weight is 279 g/mol. The molecule has 1 aromatic rings. The second-order valence-electron chi connectivity index (χ2n) is 5.53. The lowest BCUT2D eigenvalue weighted by Gasteiger charge is -2.14. The van der Waals surface area contributed by atoms with Crippen molar-refractivity contribution < 1.29 is 0 Å². The van der Waals surface area contributed by atoms with E-state index in [1.807, 2.05) is 0 Å². The zero-order chi connectivity index (χ0) is 15.1. The van der Waals surface area contributed by atoms with E-state index in [4.69, 9.17) is 0 Å². The summed E-state index contributed by atoms with van der Waals surface area (Å²) in [7, 11) is 0. The second-order valence-corrected chi connectivity index (χ2v) is 5.53. The van der Waals surface area contributed by atoms with Gasteiger partial charge in [-0.1, -0.05) is 55.0 Å².